The van der Waals surface area contributed by atoms with Crippen molar-refractivity contribution in [3.63, 3.8) is 0 Å². The fourth-order valence-corrected chi connectivity index (χ4v) is 5.30. The van der Waals surface area contributed by atoms with Crippen LogP contribution in [-0.4, -0.2) is 62.1 Å². The number of methoxy groups -OCH3 is 2. The number of benzene rings is 2. The van der Waals surface area contributed by atoms with E-state index >= 15 is 0 Å². The lowest BCUT2D eigenvalue weighted by Gasteiger charge is -2.38. The Bertz CT molecular complexity index is 914. The summed E-state index contributed by atoms with van der Waals surface area (Å²) in [6.45, 7) is 5.10. The predicted molar refractivity (Wildman–Crippen MR) is 135 cm³/mol. The quantitative estimate of drug-likeness (QED) is 0.605. The Morgan fingerprint density at radius 1 is 1.06 bits per heavy atom. The van der Waals surface area contributed by atoms with E-state index in [1.807, 2.05) is 18.2 Å². The number of nitrogens with zero attached hydrogens (tertiary/aromatic N) is 2. The molecule has 0 unspecified atom stereocenters. The van der Waals surface area contributed by atoms with Crippen molar-refractivity contribution in [2.24, 2.45) is 5.92 Å². The van der Waals surface area contributed by atoms with Crippen molar-refractivity contribution in [3.05, 3.63) is 59.7 Å². The molecule has 1 saturated heterocycles. The van der Waals surface area contributed by atoms with Crippen molar-refractivity contribution in [3.8, 4) is 11.5 Å². The SMILES string of the molecule is COc1ccc(CN(C[C@@H]2CN(Cc3ccccc3)CCN2)C(=O)C2CCCCC2)c(OC)c1. The van der Waals surface area contributed by atoms with Crippen molar-refractivity contribution in [2.45, 2.75) is 51.2 Å². The summed E-state index contributed by atoms with van der Waals surface area (Å²) in [6, 6.07) is 16.7. The first-order chi connectivity index (χ1) is 16.7. The van der Waals surface area contributed by atoms with Crippen LogP contribution in [0.2, 0.25) is 0 Å². The molecule has 1 heterocycles. The van der Waals surface area contributed by atoms with Gasteiger partial charge in [-0.25, -0.2) is 0 Å². The molecule has 4 rings (SSSR count). The van der Waals surface area contributed by atoms with Crippen LogP contribution in [0.1, 0.15) is 43.2 Å². The van der Waals surface area contributed by atoms with Crippen LogP contribution in [0.25, 0.3) is 0 Å². The molecule has 1 aliphatic carbocycles. The number of carbonyl (C=O) groups excluding carboxylic acids is 1. The summed E-state index contributed by atoms with van der Waals surface area (Å²) < 4.78 is 11.0. The average Bonchev–Trinajstić information content (AvgIpc) is 2.89. The third-order valence-corrected chi connectivity index (χ3v) is 7.15. The van der Waals surface area contributed by atoms with Crippen LogP contribution >= 0.6 is 0 Å². The number of hydrogen-bond donors (Lipinski definition) is 1. The van der Waals surface area contributed by atoms with E-state index in [0.717, 1.165) is 68.9 Å². The molecule has 1 amide bonds. The molecule has 34 heavy (non-hydrogen) atoms. The van der Waals surface area contributed by atoms with Crippen LogP contribution in [0.15, 0.2) is 48.5 Å². The lowest BCUT2D eigenvalue weighted by Crippen LogP contribution is -2.55. The highest BCUT2D eigenvalue weighted by atomic mass is 16.5. The first-order valence-corrected chi connectivity index (χ1v) is 12.7. The first-order valence-electron chi connectivity index (χ1n) is 12.7. The number of carbonyl (C=O) groups is 1. The molecular formula is C28H39N3O3. The fourth-order valence-electron chi connectivity index (χ4n) is 5.30. The lowest BCUT2D eigenvalue weighted by molar-refractivity contribution is -0.137. The molecule has 0 bridgehead atoms. The standard InChI is InChI=1S/C28H39N3O3/c1-33-26-14-13-24(27(17-26)34-2)19-31(28(32)23-11-7-4-8-12-23)21-25-20-30(16-15-29-25)18-22-9-5-3-6-10-22/h3,5-6,9-10,13-14,17,23,25,29H,4,7-8,11-12,15-16,18-21H2,1-2H3/t25-/m0/s1. The highest BCUT2D eigenvalue weighted by Crippen LogP contribution is 2.29. The smallest absolute Gasteiger partial charge is 0.226 e. The van der Waals surface area contributed by atoms with Crippen LogP contribution in [-0.2, 0) is 17.9 Å². The molecule has 6 heteroatoms. The van der Waals surface area contributed by atoms with E-state index in [4.69, 9.17) is 9.47 Å². The molecule has 2 fully saturated rings. The highest BCUT2D eigenvalue weighted by molar-refractivity contribution is 5.79. The number of piperazine rings is 1. The lowest BCUT2D eigenvalue weighted by atomic mass is 9.88. The molecular weight excluding hydrogens is 426 g/mol. The van der Waals surface area contributed by atoms with E-state index in [9.17, 15) is 4.79 Å². The molecule has 1 atom stereocenters. The second-order valence-corrected chi connectivity index (χ2v) is 9.60. The summed E-state index contributed by atoms with van der Waals surface area (Å²) in [5.41, 5.74) is 2.35. The highest BCUT2D eigenvalue weighted by Gasteiger charge is 2.30. The Morgan fingerprint density at radius 3 is 2.59 bits per heavy atom. The van der Waals surface area contributed by atoms with E-state index in [1.165, 1.54) is 12.0 Å². The molecule has 1 aliphatic heterocycles. The maximum Gasteiger partial charge on any atom is 0.226 e. The van der Waals surface area contributed by atoms with Crippen molar-refractivity contribution < 1.29 is 14.3 Å². The molecule has 0 spiro atoms. The minimum Gasteiger partial charge on any atom is -0.497 e. The number of nitrogens with one attached hydrogen (secondary N) is 1. The summed E-state index contributed by atoms with van der Waals surface area (Å²) in [5, 5.41) is 3.67. The van der Waals surface area contributed by atoms with Crippen molar-refractivity contribution in [1.29, 1.82) is 0 Å². The maximum absolute atomic E-state index is 13.7. The van der Waals surface area contributed by atoms with Gasteiger partial charge < -0.3 is 19.7 Å². The number of hydrogen-bond acceptors (Lipinski definition) is 5. The van der Waals surface area contributed by atoms with Gasteiger partial charge in [0, 0.05) is 62.9 Å². The molecule has 0 radical (unpaired) electrons. The molecule has 2 aliphatic rings. The minimum atomic E-state index is 0.141. The van der Waals surface area contributed by atoms with E-state index in [1.54, 1.807) is 14.2 Å². The van der Waals surface area contributed by atoms with Crippen LogP contribution < -0.4 is 14.8 Å². The van der Waals surface area contributed by atoms with Gasteiger partial charge in [-0.15, -0.1) is 0 Å². The molecule has 1 saturated carbocycles. The Balaban J connectivity index is 1.48. The monoisotopic (exact) mass is 465 g/mol. The first kappa shape index (κ1) is 24.6. The second-order valence-electron chi connectivity index (χ2n) is 9.60. The van der Waals surface area contributed by atoms with Gasteiger partial charge in [-0.3, -0.25) is 9.69 Å². The van der Waals surface area contributed by atoms with Gasteiger partial charge in [-0.1, -0.05) is 49.6 Å². The molecule has 2 aromatic rings. The van der Waals surface area contributed by atoms with E-state index < -0.39 is 0 Å². The summed E-state index contributed by atoms with van der Waals surface area (Å²) in [7, 11) is 3.33. The van der Waals surface area contributed by atoms with Crippen LogP contribution in [0.4, 0.5) is 0 Å². The second kappa shape index (κ2) is 12.2. The molecule has 0 aromatic heterocycles. The number of rotatable bonds is 9. The molecule has 2 aromatic carbocycles. The molecule has 1 N–H and O–H groups in total. The van der Waals surface area contributed by atoms with Crippen molar-refractivity contribution in [2.75, 3.05) is 40.4 Å². The zero-order chi connectivity index (χ0) is 23.8. The van der Waals surface area contributed by atoms with Crippen LogP contribution in [0, 0.1) is 5.92 Å². The van der Waals surface area contributed by atoms with Gasteiger partial charge in [0.05, 0.1) is 14.2 Å². The topological polar surface area (TPSA) is 54.0 Å². The fraction of sp³-hybridized carbons (Fsp3) is 0.536. The van der Waals surface area contributed by atoms with Gasteiger partial charge in [-0.05, 0) is 30.5 Å². The number of ether oxygens (including phenoxy) is 2. The number of amides is 1. The van der Waals surface area contributed by atoms with Gasteiger partial charge in [0.15, 0.2) is 0 Å². The summed E-state index contributed by atoms with van der Waals surface area (Å²) in [4.78, 5) is 18.3. The van der Waals surface area contributed by atoms with Gasteiger partial charge in [0.1, 0.15) is 11.5 Å². The zero-order valence-electron chi connectivity index (χ0n) is 20.7. The average molecular weight is 466 g/mol. The summed E-state index contributed by atoms with van der Waals surface area (Å²) in [5.74, 6) is 1.96. The molecule has 184 valence electrons. The summed E-state index contributed by atoms with van der Waals surface area (Å²) in [6.07, 6.45) is 5.57. The van der Waals surface area contributed by atoms with Crippen LogP contribution in [0.5, 0.6) is 11.5 Å². The largest absolute Gasteiger partial charge is 0.497 e. The van der Waals surface area contributed by atoms with E-state index in [-0.39, 0.29) is 12.0 Å². The van der Waals surface area contributed by atoms with Gasteiger partial charge in [0.2, 0.25) is 5.91 Å². The summed E-state index contributed by atoms with van der Waals surface area (Å²) >= 11 is 0. The molecule has 6 nitrogen and oxygen atoms in total. The van der Waals surface area contributed by atoms with E-state index in [0.29, 0.717) is 19.0 Å². The van der Waals surface area contributed by atoms with Gasteiger partial charge in [-0.2, -0.15) is 0 Å². The normalized spacial score (nSPS) is 19.5. The Kier molecular flexibility index (Phi) is 8.83. The van der Waals surface area contributed by atoms with Gasteiger partial charge >= 0.3 is 0 Å². The third-order valence-electron chi connectivity index (χ3n) is 7.15. The Morgan fingerprint density at radius 2 is 1.85 bits per heavy atom. The maximum atomic E-state index is 13.7. The van der Waals surface area contributed by atoms with Crippen molar-refractivity contribution >= 4 is 5.91 Å². The zero-order valence-corrected chi connectivity index (χ0v) is 20.7. The third kappa shape index (κ3) is 6.51. The van der Waals surface area contributed by atoms with Gasteiger partial charge in [0.25, 0.3) is 0 Å². The Labute approximate surface area is 204 Å². The van der Waals surface area contributed by atoms with Crippen molar-refractivity contribution in [1.82, 2.24) is 15.1 Å². The van der Waals surface area contributed by atoms with Crippen LogP contribution in [0.3, 0.4) is 0 Å². The minimum absolute atomic E-state index is 0.141. The van der Waals surface area contributed by atoms with E-state index in [2.05, 4.69) is 45.4 Å². The Hall–Kier alpha value is -2.57. The predicted octanol–water partition coefficient (Wildman–Crippen LogP) is 4.09.